The highest BCUT2D eigenvalue weighted by atomic mass is 14.9. The molecule has 0 radical (unpaired) electrons. The third kappa shape index (κ3) is 1.97. The van der Waals surface area contributed by atoms with Gasteiger partial charge in [0.05, 0.1) is 0 Å². The van der Waals surface area contributed by atoms with Crippen molar-refractivity contribution in [3.63, 3.8) is 0 Å². The first-order chi connectivity index (χ1) is 6.92. The van der Waals surface area contributed by atoms with Gasteiger partial charge in [0.1, 0.15) is 0 Å². The van der Waals surface area contributed by atoms with E-state index < -0.39 is 0 Å². The number of rotatable bonds is 3. The summed E-state index contributed by atoms with van der Waals surface area (Å²) >= 11 is 0. The minimum atomic E-state index is 0.794. The third-order valence-corrected chi connectivity index (χ3v) is 2.89. The highest BCUT2D eigenvalue weighted by molar-refractivity contribution is 5.37. The molecule has 0 saturated carbocycles. The van der Waals surface area contributed by atoms with E-state index in [0.717, 1.165) is 32.5 Å². The van der Waals surface area contributed by atoms with Crippen LogP contribution in [0.5, 0.6) is 0 Å². The Kier molecular flexibility index (Phi) is 3.17. The summed E-state index contributed by atoms with van der Waals surface area (Å²) in [6.07, 6.45) is 3.42. The molecule has 1 aromatic rings. The van der Waals surface area contributed by atoms with Crippen molar-refractivity contribution < 1.29 is 0 Å². The SMILES string of the molecule is NCCCc1cccc2c1CCNC2. The van der Waals surface area contributed by atoms with E-state index in [-0.39, 0.29) is 0 Å². The monoisotopic (exact) mass is 190 g/mol. The predicted molar refractivity (Wildman–Crippen MR) is 59.2 cm³/mol. The molecule has 0 aromatic heterocycles. The van der Waals surface area contributed by atoms with Crippen LogP contribution in [0.15, 0.2) is 18.2 Å². The predicted octanol–water partition coefficient (Wildman–Crippen LogP) is 1.22. The van der Waals surface area contributed by atoms with Crippen LogP contribution in [0.2, 0.25) is 0 Å². The molecular weight excluding hydrogens is 172 g/mol. The Labute approximate surface area is 85.5 Å². The molecule has 3 N–H and O–H groups in total. The van der Waals surface area contributed by atoms with E-state index in [4.69, 9.17) is 5.73 Å². The quantitative estimate of drug-likeness (QED) is 0.752. The van der Waals surface area contributed by atoms with E-state index in [1.165, 1.54) is 17.5 Å². The van der Waals surface area contributed by atoms with Gasteiger partial charge in [0.25, 0.3) is 0 Å². The van der Waals surface area contributed by atoms with Crippen LogP contribution in [0.3, 0.4) is 0 Å². The molecular formula is C12H18N2. The van der Waals surface area contributed by atoms with Crippen molar-refractivity contribution in [1.82, 2.24) is 5.32 Å². The van der Waals surface area contributed by atoms with Crippen LogP contribution in [-0.4, -0.2) is 13.1 Å². The molecule has 14 heavy (non-hydrogen) atoms. The van der Waals surface area contributed by atoms with Gasteiger partial charge in [-0.05, 0) is 49.0 Å². The van der Waals surface area contributed by atoms with Crippen molar-refractivity contribution in [3.8, 4) is 0 Å². The number of fused-ring (bicyclic) bond motifs is 1. The largest absolute Gasteiger partial charge is 0.330 e. The number of aryl methyl sites for hydroxylation is 1. The Morgan fingerprint density at radius 3 is 3.14 bits per heavy atom. The number of hydrogen-bond donors (Lipinski definition) is 2. The summed E-state index contributed by atoms with van der Waals surface area (Å²) in [5.74, 6) is 0. The fraction of sp³-hybridized carbons (Fsp3) is 0.500. The Hall–Kier alpha value is -0.860. The van der Waals surface area contributed by atoms with E-state index in [1.807, 2.05) is 0 Å². The standard InChI is InChI=1S/C12H18N2/c13-7-2-5-10-3-1-4-11-9-14-8-6-12(10)11/h1,3-4,14H,2,5-9,13H2. The summed E-state index contributed by atoms with van der Waals surface area (Å²) < 4.78 is 0. The van der Waals surface area contributed by atoms with Gasteiger partial charge in [-0.25, -0.2) is 0 Å². The number of nitrogens with two attached hydrogens (primary N) is 1. The second-order valence-electron chi connectivity index (χ2n) is 3.87. The van der Waals surface area contributed by atoms with Gasteiger partial charge in [0, 0.05) is 6.54 Å². The zero-order valence-electron chi connectivity index (χ0n) is 8.55. The number of nitrogens with one attached hydrogen (secondary N) is 1. The lowest BCUT2D eigenvalue weighted by atomic mass is 9.93. The Bertz CT molecular complexity index is 307. The van der Waals surface area contributed by atoms with Gasteiger partial charge >= 0.3 is 0 Å². The smallest absolute Gasteiger partial charge is 0.0208 e. The Morgan fingerprint density at radius 2 is 2.29 bits per heavy atom. The summed E-state index contributed by atoms with van der Waals surface area (Å²) in [4.78, 5) is 0. The molecule has 0 fully saturated rings. The molecule has 0 atom stereocenters. The Morgan fingerprint density at radius 1 is 1.36 bits per heavy atom. The summed E-state index contributed by atoms with van der Waals surface area (Å²) in [6, 6.07) is 6.64. The molecule has 0 saturated heterocycles. The molecule has 1 aliphatic rings. The van der Waals surface area contributed by atoms with E-state index in [1.54, 1.807) is 5.56 Å². The molecule has 2 nitrogen and oxygen atoms in total. The Balaban J connectivity index is 2.21. The van der Waals surface area contributed by atoms with Crippen LogP contribution < -0.4 is 11.1 Å². The fourth-order valence-electron chi connectivity index (χ4n) is 2.14. The van der Waals surface area contributed by atoms with Crippen LogP contribution in [0, 0.1) is 0 Å². The summed E-state index contributed by atoms with van der Waals surface area (Å²) in [5, 5.41) is 3.40. The highest BCUT2D eigenvalue weighted by Crippen LogP contribution is 2.19. The van der Waals surface area contributed by atoms with Crippen LogP contribution in [-0.2, 0) is 19.4 Å². The van der Waals surface area contributed by atoms with Crippen LogP contribution in [0.25, 0.3) is 0 Å². The molecule has 2 rings (SSSR count). The molecule has 0 amide bonds. The average molecular weight is 190 g/mol. The molecule has 0 bridgehead atoms. The zero-order chi connectivity index (χ0) is 9.80. The van der Waals surface area contributed by atoms with Crippen LogP contribution in [0.4, 0.5) is 0 Å². The zero-order valence-corrected chi connectivity index (χ0v) is 8.55. The molecule has 0 spiro atoms. The first-order valence-corrected chi connectivity index (χ1v) is 5.42. The minimum Gasteiger partial charge on any atom is -0.330 e. The first-order valence-electron chi connectivity index (χ1n) is 5.42. The third-order valence-electron chi connectivity index (χ3n) is 2.89. The van der Waals surface area contributed by atoms with E-state index >= 15 is 0 Å². The van der Waals surface area contributed by atoms with Crippen molar-refractivity contribution in [2.45, 2.75) is 25.8 Å². The molecule has 0 unspecified atom stereocenters. The topological polar surface area (TPSA) is 38.0 Å². The second kappa shape index (κ2) is 4.58. The lowest BCUT2D eigenvalue weighted by molar-refractivity contribution is 0.636. The molecule has 1 aliphatic heterocycles. The van der Waals surface area contributed by atoms with Crippen molar-refractivity contribution in [2.75, 3.05) is 13.1 Å². The number of hydrogen-bond acceptors (Lipinski definition) is 2. The minimum absolute atomic E-state index is 0.794. The van der Waals surface area contributed by atoms with Gasteiger partial charge in [-0.3, -0.25) is 0 Å². The summed E-state index contributed by atoms with van der Waals surface area (Å²) in [7, 11) is 0. The maximum atomic E-state index is 5.54. The molecule has 1 heterocycles. The van der Waals surface area contributed by atoms with Gasteiger partial charge in [-0.1, -0.05) is 18.2 Å². The van der Waals surface area contributed by atoms with E-state index in [0.29, 0.717) is 0 Å². The van der Waals surface area contributed by atoms with Crippen LogP contribution in [0.1, 0.15) is 23.1 Å². The van der Waals surface area contributed by atoms with Gasteiger partial charge in [0.15, 0.2) is 0 Å². The van der Waals surface area contributed by atoms with E-state index in [9.17, 15) is 0 Å². The average Bonchev–Trinajstić information content (AvgIpc) is 2.26. The lowest BCUT2D eigenvalue weighted by Gasteiger charge is -2.20. The molecule has 1 aromatic carbocycles. The molecule has 76 valence electrons. The normalized spacial score (nSPS) is 15.2. The fourth-order valence-corrected chi connectivity index (χ4v) is 2.14. The van der Waals surface area contributed by atoms with E-state index in [2.05, 4.69) is 23.5 Å². The van der Waals surface area contributed by atoms with Crippen molar-refractivity contribution >= 4 is 0 Å². The van der Waals surface area contributed by atoms with Gasteiger partial charge < -0.3 is 11.1 Å². The van der Waals surface area contributed by atoms with Crippen molar-refractivity contribution in [3.05, 3.63) is 34.9 Å². The van der Waals surface area contributed by atoms with Crippen molar-refractivity contribution in [2.24, 2.45) is 5.73 Å². The molecule has 0 aliphatic carbocycles. The van der Waals surface area contributed by atoms with Gasteiger partial charge in [0.2, 0.25) is 0 Å². The summed E-state index contributed by atoms with van der Waals surface area (Å²) in [5.41, 5.74) is 10.1. The van der Waals surface area contributed by atoms with Gasteiger partial charge in [-0.15, -0.1) is 0 Å². The maximum Gasteiger partial charge on any atom is 0.0208 e. The maximum absolute atomic E-state index is 5.54. The summed E-state index contributed by atoms with van der Waals surface area (Å²) in [6.45, 7) is 2.94. The highest BCUT2D eigenvalue weighted by Gasteiger charge is 2.11. The van der Waals surface area contributed by atoms with Gasteiger partial charge in [-0.2, -0.15) is 0 Å². The first kappa shape index (κ1) is 9.69. The second-order valence-corrected chi connectivity index (χ2v) is 3.87. The van der Waals surface area contributed by atoms with Crippen molar-refractivity contribution in [1.29, 1.82) is 0 Å². The number of benzene rings is 1. The molecule has 2 heteroatoms. The lowest BCUT2D eigenvalue weighted by Crippen LogP contribution is -2.24. The van der Waals surface area contributed by atoms with Crippen LogP contribution >= 0.6 is 0 Å².